The molecule has 3 aliphatic rings. The third kappa shape index (κ3) is 3.38. The van der Waals surface area contributed by atoms with Gasteiger partial charge in [-0.2, -0.15) is 10.2 Å². The molecule has 1 atom stereocenters. The molecule has 2 aliphatic carbocycles. The second kappa shape index (κ2) is 7.18. The van der Waals surface area contributed by atoms with Gasteiger partial charge < -0.3 is 10.2 Å². The van der Waals surface area contributed by atoms with E-state index < -0.39 is 0 Å². The molecule has 2 N–H and O–H groups in total. The summed E-state index contributed by atoms with van der Waals surface area (Å²) in [5.74, 6) is 0.975. The molecule has 6 rings (SSSR count). The highest BCUT2D eigenvalue weighted by molar-refractivity contribution is 5.94. The van der Waals surface area contributed by atoms with E-state index in [1.807, 2.05) is 17.8 Å². The predicted molar refractivity (Wildman–Crippen MR) is 121 cm³/mol. The fourth-order valence-electron chi connectivity index (χ4n) is 5.26. The summed E-state index contributed by atoms with van der Waals surface area (Å²) in [4.78, 5) is 20.1. The molecule has 8 heteroatoms. The fraction of sp³-hybridized carbons (Fsp3) is 0.500. The van der Waals surface area contributed by atoms with Gasteiger partial charge in [-0.15, -0.1) is 0 Å². The second-order valence-corrected chi connectivity index (χ2v) is 9.79. The van der Waals surface area contributed by atoms with Gasteiger partial charge in [-0.05, 0) is 68.6 Å². The van der Waals surface area contributed by atoms with E-state index in [0.717, 1.165) is 54.4 Å². The van der Waals surface area contributed by atoms with Gasteiger partial charge in [0.05, 0.1) is 30.0 Å². The molecule has 32 heavy (non-hydrogen) atoms. The Labute approximate surface area is 187 Å². The van der Waals surface area contributed by atoms with E-state index in [2.05, 4.69) is 44.6 Å². The number of H-pyrrole nitrogens is 1. The molecule has 3 aromatic heterocycles. The molecule has 1 spiro atoms. The lowest BCUT2D eigenvalue weighted by atomic mass is 10.1. The fourth-order valence-corrected chi connectivity index (χ4v) is 5.26. The van der Waals surface area contributed by atoms with E-state index >= 15 is 0 Å². The number of fused-ring (bicyclic) bond motifs is 1. The number of amides is 1. The quantitative estimate of drug-likeness (QED) is 0.648. The molecule has 0 aromatic carbocycles. The summed E-state index contributed by atoms with van der Waals surface area (Å²) < 4.78 is 1.81. The van der Waals surface area contributed by atoms with Crippen molar-refractivity contribution in [2.24, 2.45) is 5.41 Å². The maximum absolute atomic E-state index is 12.8. The van der Waals surface area contributed by atoms with Crippen LogP contribution in [-0.2, 0) is 13.0 Å². The molecule has 4 heterocycles. The van der Waals surface area contributed by atoms with Crippen LogP contribution >= 0.6 is 0 Å². The van der Waals surface area contributed by atoms with Gasteiger partial charge in [-0.3, -0.25) is 14.6 Å². The number of hydrogen-bond donors (Lipinski definition) is 2. The largest absolute Gasteiger partial charge is 0.356 e. The first-order valence-corrected chi connectivity index (χ1v) is 11.6. The second-order valence-electron chi connectivity index (χ2n) is 9.79. The number of carbonyl (C=O) groups excluding carboxylic acids is 1. The van der Waals surface area contributed by atoms with Crippen LogP contribution in [0.15, 0.2) is 24.5 Å². The van der Waals surface area contributed by atoms with Crippen LogP contribution < -0.4 is 10.2 Å². The molecule has 1 amide bonds. The third-order valence-corrected chi connectivity index (χ3v) is 7.55. The van der Waals surface area contributed by atoms with Crippen molar-refractivity contribution in [2.75, 3.05) is 18.0 Å². The van der Waals surface area contributed by atoms with Crippen LogP contribution in [-0.4, -0.2) is 44.0 Å². The first-order valence-electron chi connectivity index (χ1n) is 11.6. The van der Waals surface area contributed by atoms with Gasteiger partial charge >= 0.3 is 0 Å². The number of nitrogens with one attached hydrogen (secondary N) is 2. The summed E-state index contributed by atoms with van der Waals surface area (Å²) >= 11 is 0. The molecule has 0 radical (unpaired) electrons. The lowest BCUT2D eigenvalue weighted by Crippen LogP contribution is -2.27. The van der Waals surface area contributed by atoms with E-state index in [9.17, 15) is 4.79 Å². The standard InChI is InChI=1S/C24H29N7O/c1-15-17(3-6-21(26-15)30-10-9-24(14-30)7-8-24)12-31-13-18(11-25-31)23(32)27-20-5-4-19-16(2)28-29-22(19)20/h3,6,11,13,20H,4-5,7-10,12,14H2,1-2H3,(H,27,32)(H,28,29)/t20-/m1/s1. The van der Waals surface area contributed by atoms with Crippen LogP contribution in [0.4, 0.5) is 5.82 Å². The first-order chi connectivity index (χ1) is 15.5. The highest BCUT2D eigenvalue weighted by Crippen LogP contribution is 2.53. The number of aryl methyl sites for hydroxylation is 2. The lowest BCUT2D eigenvalue weighted by Gasteiger charge is -2.19. The molecular formula is C24H29N7O. The molecule has 1 saturated heterocycles. The van der Waals surface area contributed by atoms with Gasteiger partial charge in [-0.25, -0.2) is 4.98 Å². The Morgan fingerprint density at radius 1 is 1.28 bits per heavy atom. The zero-order valence-electron chi connectivity index (χ0n) is 18.7. The number of carbonyl (C=O) groups is 1. The molecule has 2 fully saturated rings. The predicted octanol–water partition coefficient (Wildman–Crippen LogP) is 3.07. The number of aromatic nitrogens is 5. The van der Waals surface area contributed by atoms with Crippen molar-refractivity contribution in [1.29, 1.82) is 0 Å². The van der Waals surface area contributed by atoms with Crippen LogP contribution in [0.25, 0.3) is 0 Å². The van der Waals surface area contributed by atoms with Crippen LogP contribution in [0.1, 0.15) is 70.3 Å². The number of anilines is 1. The molecule has 0 unspecified atom stereocenters. The van der Waals surface area contributed by atoms with Crippen molar-refractivity contribution in [3.05, 3.63) is 58.3 Å². The summed E-state index contributed by atoms with van der Waals surface area (Å²) in [5, 5.41) is 14.9. The summed E-state index contributed by atoms with van der Waals surface area (Å²) in [5.41, 5.74) is 6.60. The minimum absolute atomic E-state index is 0.0369. The zero-order valence-corrected chi connectivity index (χ0v) is 18.7. The Kier molecular flexibility index (Phi) is 4.38. The van der Waals surface area contributed by atoms with E-state index in [0.29, 0.717) is 17.5 Å². The average Bonchev–Trinajstić information content (AvgIpc) is 3.20. The number of nitrogens with zero attached hydrogens (tertiary/aromatic N) is 5. The molecule has 1 saturated carbocycles. The SMILES string of the molecule is Cc1nc(N2CCC3(CC3)C2)ccc1Cn1cc(C(=O)N[C@@H]2CCc3c2n[nH]c3C)cn1. The lowest BCUT2D eigenvalue weighted by molar-refractivity contribution is 0.0936. The molecule has 0 bridgehead atoms. The van der Waals surface area contributed by atoms with Crippen LogP contribution in [0.3, 0.4) is 0 Å². The average molecular weight is 432 g/mol. The van der Waals surface area contributed by atoms with E-state index in [-0.39, 0.29) is 11.9 Å². The van der Waals surface area contributed by atoms with Crippen molar-refractivity contribution in [1.82, 2.24) is 30.3 Å². The van der Waals surface area contributed by atoms with Crippen LogP contribution in [0.5, 0.6) is 0 Å². The Morgan fingerprint density at radius 3 is 2.94 bits per heavy atom. The van der Waals surface area contributed by atoms with Gasteiger partial charge in [0.25, 0.3) is 5.91 Å². The van der Waals surface area contributed by atoms with E-state index in [1.165, 1.54) is 24.8 Å². The highest BCUT2D eigenvalue weighted by Gasteiger charge is 2.47. The minimum atomic E-state index is -0.108. The Hall–Kier alpha value is -3.16. The van der Waals surface area contributed by atoms with Crippen molar-refractivity contribution in [3.8, 4) is 0 Å². The Balaban J connectivity index is 1.11. The molecular weight excluding hydrogens is 402 g/mol. The zero-order chi connectivity index (χ0) is 21.9. The van der Waals surface area contributed by atoms with Crippen molar-refractivity contribution < 1.29 is 4.79 Å². The normalized spacial score (nSPS) is 20.7. The Morgan fingerprint density at radius 2 is 2.16 bits per heavy atom. The topological polar surface area (TPSA) is 91.7 Å². The molecule has 3 aromatic rings. The summed E-state index contributed by atoms with van der Waals surface area (Å²) in [6, 6.07) is 4.24. The number of rotatable bonds is 5. The highest BCUT2D eigenvalue weighted by atomic mass is 16.1. The molecule has 1 aliphatic heterocycles. The summed E-state index contributed by atoms with van der Waals surface area (Å²) in [6.07, 6.45) is 9.33. The van der Waals surface area contributed by atoms with Crippen LogP contribution in [0.2, 0.25) is 0 Å². The summed E-state index contributed by atoms with van der Waals surface area (Å²) in [6.45, 7) is 6.95. The van der Waals surface area contributed by atoms with Crippen molar-refractivity contribution >= 4 is 11.7 Å². The van der Waals surface area contributed by atoms with Gasteiger partial charge in [0, 0.05) is 30.7 Å². The van der Waals surface area contributed by atoms with Gasteiger partial charge in [0.1, 0.15) is 5.82 Å². The summed E-state index contributed by atoms with van der Waals surface area (Å²) in [7, 11) is 0. The van der Waals surface area contributed by atoms with Crippen molar-refractivity contribution in [3.63, 3.8) is 0 Å². The van der Waals surface area contributed by atoms with Crippen molar-refractivity contribution in [2.45, 2.75) is 58.5 Å². The first kappa shape index (κ1) is 19.5. The molecule has 166 valence electrons. The van der Waals surface area contributed by atoms with E-state index in [4.69, 9.17) is 4.98 Å². The molecule has 8 nitrogen and oxygen atoms in total. The third-order valence-electron chi connectivity index (χ3n) is 7.55. The maximum Gasteiger partial charge on any atom is 0.255 e. The van der Waals surface area contributed by atoms with Crippen LogP contribution in [0, 0.1) is 19.3 Å². The number of aromatic amines is 1. The smallest absolute Gasteiger partial charge is 0.255 e. The number of pyridine rings is 1. The van der Waals surface area contributed by atoms with E-state index in [1.54, 1.807) is 6.20 Å². The van der Waals surface area contributed by atoms with Gasteiger partial charge in [0.2, 0.25) is 0 Å². The van der Waals surface area contributed by atoms with Gasteiger partial charge in [0.15, 0.2) is 0 Å². The Bertz CT molecular complexity index is 1190. The number of hydrogen-bond acceptors (Lipinski definition) is 5. The monoisotopic (exact) mass is 431 g/mol. The minimum Gasteiger partial charge on any atom is -0.356 e. The van der Waals surface area contributed by atoms with Gasteiger partial charge in [-0.1, -0.05) is 6.07 Å². The maximum atomic E-state index is 12.8.